The van der Waals surface area contributed by atoms with Crippen LogP contribution in [0.3, 0.4) is 0 Å². The molecule has 602 valence electrons. The Balaban J connectivity index is 1.59. The normalized spacial score (nSPS) is 21.9. The average Bonchev–Trinajstić information content (AvgIpc) is 0.791. The number of aliphatic hydroxyl groups excluding tert-OH is 8. The van der Waals surface area contributed by atoms with Gasteiger partial charge in [0.25, 0.3) is 0 Å². The van der Waals surface area contributed by atoms with E-state index in [0.717, 1.165) is 57.8 Å². The molecule has 0 radical (unpaired) electrons. The van der Waals surface area contributed by atoms with Crippen LogP contribution < -0.4 is 5.32 Å². The van der Waals surface area contributed by atoms with Gasteiger partial charge < -0.3 is 65.1 Å². The minimum Gasteiger partial charge on any atom is -0.394 e. The van der Waals surface area contributed by atoms with Crippen LogP contribution in [0.4, 0.5) is 0 Å². The summed E-state index contributed by atoms with van der Waals surface area (Å²) in [7, 11) is 0. The van der Waals surface area contributed by atoms with Gasteiger partial charge in [-0.3, -0.25) is 4.79 Å². The first-order valence-electron chi connectivity index (χ1n) is 43.7. The molecule has 9 N–H and O–H groups in total. The Morgan fingerprint density at radius 3 is 1.02 bits per heavy atom. The van der Waals surface area contributed by atoms with E-state index in [4.69, 9.17) is 18.9 Å². The summed E-state index contributed by atoms with van der Waals surface area (Å²) < 4.78 is 22.9. The fourth-order valence-corrected chi connectivity index (χ4v) is 14.2. The molecule has 14 nitrogen and oxygen atoms in total. The van der Waals surface area contributed by atoms with E-state index < -0.39 is 86.8 Å². The molecular weight excluding hydrogens is 1290 g/mol. The molecule has 2 heterocycles. The molecule has 12 atom stereocenters. The lowest BCUT2D eigenvalue weighted by molar-refractivity contribution is -0.359. The van der Waals surface area contributed by atoms with Gasteiger partial charge in [0.05, 0.1) is 32.0 Å². The quantitative estimate of drug-likeness (QED) is 0.0204. The Morgan fingerprint density at radius 2 is 0.650 bits per heavy atom. The summed E-state index contributed by atoms with van der Waals surface area (Å²) in [5.74, 6) is -0.247. The van der Waals surface area contributed by atoms with Crippen molar-refractivity contribution in [2.75, 3.05) is 19.8 Å². The molecule has 0 spiro atoms. The Labute approximate surface area is 631 Å². The van der Waals surface area contributed by atoms with Gasteiger partial charge in [0, 0.05) is 6.42 Å². The van der Waals surface area contributed by atoms with E-state index in [2.05, 4.69) is 79.9 Å². The molecule has 0 aromatic carbocycles. The predicted molar refractivity (Wildman–Crippen MR) is 429 cm³/mol. The number of carbonyl (C=O) groups is 1. The Morgan fingerprint density at radius 1 is 0.350 bits per heavy atom. The van der Waals surface area contributed by atoms with E-state index >= 15 is 0 Å². The van der Waals surface area contributed by atoms with Crippen LogP contribution in [0.1, 0.15) is 393 Å². The lowest BCUT2D eigenvalue weighted by Gasteiger charge is -2.46. The van der Waals surface area contributed by atoms with Crippen LogP contribution in [-0.4, -0.2) is 140 Å². The maximum absolute atomic E-state index is 13.4. The molecule has 2 rings (SSSR count). The fourth-order valence-electron chi connectivity index (χ4n) is 14.2. The molecule has 2 aliphatic rings. The zero-order valence-corrected chi connectivity index (χ0v) is 66.3. The first-order valence-corrected chi connectivity index (χ1v) is 43.7. The van der Waals surface area contributed by atoms with Crippen LogP contribution in [0.25, 0.3) is 0 Å². The molecule has 2 aliphatic heterocycles. The van der Waals surface area contributed by atoms with Gasteiger partial charge in [-0.05, 0) is 83.5 Å². The summed E-state index contributed by atoms with van der Waals surface area (Å²) in [6.07, 6.45) is 84.5. The molecule has 14 heteroatoms. The maximum atomic E-state index is 13.4. The van der Waals surface area contributed by atoms with Gasteiger partial charge in [0.15, 0.2) is 12.6 Å². The van der Waals surface area contributed by atoms with Gasteiger partial charge in [-0.25, -0.2) is 0 Å². The topological polar surface area (TPSA) is 228 Å². The van der Waals surface area contributed by atoms with Crippen LogP contribution in [0.2, 0.25) is 0 Å². The van der Waals surface area contributed by atoms with Crippen molar-refractivity contribution in [2.24, 2.45) is 0 Å². The summed E-state index contributed by atoms with van der Waals surface area (Å²) in [4.78, 5) is 13.4. The number of amides is 1. The first kappa shape index (κ1) is 96.5. The Bertz CT molecular complexity index is 2010. The van der Waals surface area contributed by atoms with E-state index in [1.807, 2.05) is 6.08 Å². The van der Waals surface area contributed by atoms with E-state index in [-0.39, 0.29) is 18.9 Å². The number of nitrogens with one attached hydrogen (secondary N) is 1. The molecule has 103 heavy (non-hydrogen) atoms. The largest absolute Gasteiger partial charge is 0.394 e. The van der Waals surface area contributed by atoms with Crippen molar-refractivity contribution in [3.63, 3.8) is 0 Å². The number of carbonyl (C=O) groups excluding carboxylic acids is 1. The van der Waals surface area contributed by atoms with Crippen molar-refractivity contribution >= 4 is 5.91 Å². The van der Waals surface area contributed by atoms with Gasteiger partial charge in [0.2, 0.25) is 5.91 Å². The highest BCUT2D eigenvalue weighted by Gasteiger charge is 2.51. The monoisotopic (exact) mass is 1450 g/mol. The number of aliphatic hydroxyl groups is 8. The minimum absolute atomic E-state index is 0.247. The second-order valence-corrected chi connectivity index (χ2v) is 30.6. The maximum Gasteiger partial charge on any atom is 0.220 e. The number of hydrogen-bond acceptors (Lipinski definition) is 13. The Hall–Kier alpha value is -2.57. The summed E-state index contributed by atoms with van der Waals surface area (Å²) in [5, 5.41) is 87.8. The second-order valence-electron chi connectivity index (χ2n) is 30.6. The first-order chi connectivity index (χ1) is 50.6. The van der Waals surface area contributed by atoms with Gasteiger partial charge in [0.1, 0.15) is 48.8 Å². The van der Waals surface area contributed by atoms with Gasteiger partial charge in [-0.2, -0.15) is 0 Å². The third-order valence-corrected chi connectivity index (χ3v) is 21.1. The second kappa shape index (κ2) is 72.3. The van der Waals surface area contributed by atoms with Gasteiger partial charge in [-0.15, -0.1) is 0 Å². The van der Waals surface area contributed by atoms with E-state index in [1.165, 1.54) is 302 Å². The highest BCUT2D eigenvalue weighted by Crippen LogP contribution is 2.30. The number of allylic oxidation sites excluding steroid dienone is 11. The van der Waals surface area contributed by atoms with Crippen molar-refractivity contribution in [1.29, 1.82) is 0 Å². The van der Waals surface area contributed by atoms with Crippen molar-refractivity contribution < 1.29 is 64.6 Å². The third kappa shape index (κ3) is 54.6. The minimum atomic E-state index is -1.80. The third-order valence-electron chi connectivity index (χ3n) is 21.1. The number of hydrogen-bond donors (Lipinski definition) is 9. The van der Waals surface area contributed by atoms with Crippen molar-refractivity contribution in [3.8, 4) is 0 Å². The summed E-state index contributed by atoms with van der Waals surface area (Å²) in [6.45, 7) is 2.82. The predicted octanol–water partition coefficient (Wildman–Crippen LogP) is 20.9. The van der Waals surface area contributed by atoms with Crippen molar-refractivity contribution in [2.45, 2.75) is 466 Å². The fraction of sp³-hybridized carbons (Fsp3) is 0.854. The molecule has 2 fully saturated rings. The highest BCUT2D eigenvalue weighted by atomic mass is 16.7. The summed E-state index contributed by atoms with van der Waals surface area (Å²) >= 11 is 0. The zero-order valence-electron chi connectivity index (χ0n) is 66.3. The molecule has 0 aromatic rings. The smallest absolute Gasteiger partial charge is 0.220 e. The van der Waals surface area contributed by atoms with Crippen LogP contribution in [0.15, 0.2) is 72.9 Å². The zero-order chi connectivity index (χ0) is 74.4. The molecule has 2 saturated heterocycles. The molecule has 1 amide bonds. The molecule has 0 saturated carbocycles. The Kier molecular flexibility index (Phi) is 67.7. The SMILES string of the molecule is CCCCCCC/C=C\C/C=C\C/C=C\CCCCCCCCCCCCCCCCCCCCCCCCCCC(=O)NC(COC1OC(CO)C(OC2OC(CO)C(O)C(O)C2O)C(O)C1O)C(O)/C=C/CC/C=C/CC/C=C/CCCCCCCCCCCCCCCCCCCCCC. The highest BCUT2D eigenvalue weighted by molar-refractivity contribution is 5.76. The van der Waals surface area contributed by atoms with Crippen LogP contribution >= 0.6 is 0 Å². The summed E-state index contributed by atoms with van der Waals surface area (Å²) in [5.41, 5.74) is 0. The molecule has 0 aromatic heterocycles. The van der Waals surface area contributed by atoms with Crippen LogP contribution in [-0.2, 0) is 23.7 Å². The lowest BCUT2D eigenvalue weighted by atomic mass is 9.97. The number of unbranched alkanes of at least 4 members (excludes halogenated alkanes) is 51. The van der Waals surface area contributed by atoms with Crippen molar-refractivity contribution in [3.05, 3.63) is 72.9 Å². The van der Waals surface area contributed by atoms with E-state index in [0.29, 0.717) is 12.8 Å². The van der Waals surface area contributed by atoms with E-state index in [1.54, 1.807) is 6.08 Å². The summed E-state index contributed by atoms with van der Waals surface area (Å²) in [6, 6.07) is -0.942. The average molecular weight is 1460 g/mol. The van der Waals surface area contributed by atoms with Crippen LogP contribution in [0.5, 0.6) is 0 Å². The van der Waals surface area contributed by atoms with Gasteiger partial charge in [-0.1, -0.05) is 376 Å². The van der Waals surface area contributed by atoms with Gasteiger partial charge >= 0.3 is 0 Å². The molecule has 0 bridgehead atoms. The lowest BCUT2D eigenvalue weighted by Crippen LogP contribution is -2.65. The molecule has 12 unspecified atom stereocenters. The molecular formula is C89H163NO13. The van der Waals surface area contributed by atoms with Crippen molar-refractivity contribution in [1.82, 2.24) is 5.32 Å². The number of ether oxygens (including phenoxy) is 4. The van der Waals surface area contributed by atoms with Crippen LogP contribution in [0, 0.1) is 0 Å². The standard InChI is InChI=1S/C89H163NO13/c1-3-5-7-9-11-13-15-17-19-21-23-25-27-29-31-33-35-36-37-38-39-40-41-42-43-45-47-49-51-53-55-57-59-61-63-65-67-69-71-73-81(94)90-77(76-100-88-86(99)84(97)87(80(75-92)102-88)103-89-85(98)83(96)82(95)79(74-91)101-89)78(93)72-70-68-66-64-62-60-58-56-54-52-50-48-46-44-34-32-30-28-26-24-22-20-18-16-14-12-10-8-6-4-2/h15,17,21,23,27,29,54,56,62,64,70,72,77-80,82-89,91-93,95-99H,3-14,16,18-20,22,24-26,28,30-53,55,57-61,63,65-69,71,73-76H2,1-2H3,(H,90,94)/b17-15-,23-21-,29-27-,56-54+,64-62+,72-70+. The number of rotatable bonds is 74. The molecule has 0 aliphatic carbocycles. The van der Waals surface area contributed by atoms with E-state index in [9.17, 15) is 45.6 Å².